The van der Waals surface area contributed by atoms with Crippen molar-refractivity contribution in [3.63, 3.8) is 0 Å². The molecule has 0 N–H and O–H groups in total. The molecule has 0 aromatic carbocycles. The van der Waals surface area contributed by atoms with Crippen LogP contribution in [0.15, 0.2) is 24.5 Å². The number of hydrogen-bond acceptors (Lipinski definition) is 6. The average Bonchev–Trinajstić information content (AvgIpc) is 2.81. The molecule has 0 unspecified atom stereocenters. The van der Waals surface area contributed by atoms with Gasteiger partial charge in [-0.05, 0) is 77.8 Å². The van der Waals surface area contributed by atoms with Crippen LogP contribution in [0.25, 0.3) is 11.3 Å². The number of halogens is 2. The van der Waals surface area contributed by atoms with E-state index >= 15 is 0 Å². The zero-order valence-electron chi connectivity index (χ0n) is 25.9. The van der Waals surface area contributed by atoms with Crippen molar-refractivity contribution in [3.05, 3.63) is 41.3 Å². The molecule has 40 heavy (non-hydrogen) atoms. The van der Waals surface area contributed by atoms with Crippen molar-refractivity contribution >= 4 is 11.7 Å². The van der Waals surface area contributed by atoms with Gasteiger partial charge in [-0.1, -0.05) is 27.7 Å². The molecule has 1 fully saturated rings. The molecule has 8 heteroatoms. The molecule has 6 nitrogen and oxygen atoms in total. The van der Waals surface area contributed by atoms with Crippen LogP contribution in [0.1, 0.15) is 105 Å². The summed E-state index contributed by atoms with van der Waals surface area (Å²) in [6.45, 7) is 20.8. The van der Waals surface area contributed by atoms with Crippen LogP contribution in [0, 0.1) is 18.3 Å². The first-order valence-electron chi connectivity index (χ1n) is 14.4. The van der Waals surface area contributed by atoms with E-state index in [4.69, 9.17) is 9.47 Å². The third-order valence-corrected chi connectivity index (χ3v) is 7.15. The largest absolute Gasteiger partial charge is 0.461 e. The lowest BCUT2D eigenvalue weighted by atomic mass is 9.82. The standard InChI is InChI=1S/C32H47F2N3O3/c1-20(2)17-32(33,34)23-11-12-25(36-18-23)24-19-35-22(5)26(27(24)37-15-13-31(9,10)14-16-37)28(40-30(6,7)8)29(38)39-21(3)4/h11-12,18-21,28H,13-17H2,1-10H3/t28-/m0/s1. The first-order chi connectivity index (χ1) is 18.4. The molecule has 0 radical (unpaired) electrons. The van der Waals surface area contributed by atoms with Gasteiger partial charge in [-0.3, -0.25) is 9.97 Å². The topological polar surface area (TPSA) is 64.5 Å². The van der Waals surface area contributed by atoms with Crippen LogP contribution >= 0.6 is 0 Å². The van der Waals surface area contributed by atoms with Gasteiger partial charge in [-0.25, -0.2) is 13.6 Å². The fraction of sp³-hybridized carbons (Fsp3) is 0.656. The van der Waals surface area contributed by atoms with Crippen molar-refractivity contribution in [2.45, 2.75) is 112 Å². The number of piperidine rings is 1. The fourth-order valence-electron chi connectivity index (χ4n) is 5.06. The smallest absolute Gasteiger partial charge is 0.340 e. The molecular weight excluding hydrogens is 512 g/mol. The summed E-state index contributed by atoms with van der Waals surface area (Å²) in [7, 11) is 0. The minimum absolute atomic E-state index is 0.110. The summed E-state index contributed by atoms with van der Waals surface area (Å²) < 4.78 is 41.7. The molecule has 1 aliphatic rings. The number of ether oxygens (including phenoxy) is 2. The SMILES string of the molecule is Cc1ncc(-c2ccc(C(F)(F)CC(C)C)cn2)c(N2CCC(C)(C)CC2)c1[C@H](OC(C)(C)C)C(=O)OC(C)C. The third-order valence-electron chi connectivity index (χ3n) is 7.15. The predicted molar refractivity (Wildman–Crippen MR) is 156 cm³/mol. The summed E-state index contributed by atoms with van der Waals surface area (Å²) in [5, 5.41) is 0. The van der Waals surface area contributed by atoms with Crippen LogP contribution in [-0.2, 0) is 20.2 Å². The zero-order chi connectivity index (χ0) is 30.0. The molecule has 0 bridgehead atoms. The van der Waals surface area contributed by atoms with Gasteiger partial charge >= 0.3 is 5.97 Å². The van der Waals surface area contributed by atoms with Crippen LogP contribution < -0.4 is 4.90 Å². The van der Waals surface area contributed by atoms with Gasteiger partial charge in [0.2, 0.25) is 0 Å². The van der Waals surface area contributed by atoms with Gasteiger partial charge in [-0.15, -0.1) is 0 Å². The number of pyridine rings is 2. The second-order valence-corrected chi connectivity index (χ2v) is 13.5. The molecular formula is C32H47F2N3O3. The summed E-state index contributed by atoms with van der Waals surface area (Å²) >= 11 is 0. The Morgan fingerprint density at radius 1 is 1.05 bits per heavy atom. The third kappa shape index (κ3) is 7.99. The minimum atomic E-state index is -2.97. The second kappa shape index (κ2) is 12.1. The Hall–Kier alpha value is -2.61. The van der Waals surface area contributed by atoms with Crippen LogP contribution in [0.4, 0.5) is 14.5 Å². The number of anilines is 1. The van der Waals surface area contributed by atoms with Crippen molar-refractivity contribution in [1.82, 2.24) is 9.97 Å². The number of aromatic nitrogens is 2. The highest BCUT2D eigenvalue weighted by Crippen LogP contribution is 2.44. The van der Waals surface area contributed by atoms with Gasteiger partial charge < -0.3 is 14.4 Å². The molecule has 0 amide bonds. The number of aryl methyl sites for hydroxylation is 1. The lowest BCUT2D eigenvalue weighted by Gasteiger charge is -2.41. The maximum Gasteiger partial charge on any atom is 0.340 e. The molecule has 1 aliphatic heterocycles. The molecule has 0 aliphatic carbocycles. The van der Waals surface area contributed by atoms with Crippen LogP contribution in [0.3, 0.4) is 0 Å². The first kappa shape index (κ1) is 31.9. The van der Waals surface area contributed by atoms with Crippen LogP contribution in [0.2, 0.25) is 0 Å². The minimum Gasteiger partial charge on any atom is -0.461 e. The van der Waals surface area contributed by atoms with Crippen molar-refractivity contribution in [1.29, 1.82) is 0 Å². The van der Waals surface area contributed by atoms with Gasteiger partial charge in [0, 0.05) is 54.3 Å². The van der Waals surface area contributed by atoms with E-state index < -0.39 is 23.6 Å². The van der Waals surface area contributed by atoms with Crippen LogP contribution in [-0.4, -0.2) is 40.7 Å². The lowest BCUT2D eigenvalue weighted by Crippen LogP contribution is -2.39. The lowest BCUT2D eigenvalue weighted by molar-refractivity contribution is -0.171. The molecule has 1 atom stereocenters. The van der Waals surface area contributed by atoms with E-state index in [-0.39, 0.29) is 29.4 Å². The van der Waals surface area contributed by atoms with Crippen molar-refractivity contribution < 1.29 is 23.0 Å². The molecule has 1 saturated heterocycles. The summed E-state index contributed by atoms with van der Waals surface area (Å²) in [4.78, 5) is 24.9. The van der Waals surface area contributed by atoms with E-state index in [0.717, 1.165) is 31.6 Å². The van der Waals surface area contributed by atoms with E-state index in [1.54, 1.807) is 26.1 Å². The van der Waals surface area contributed by atoms with E-state index in [1.807, 2.05) is 41.5 Å². The Labute approximate surface area is 238 Å². The maximum absolute atomic E-state index is 14.8. The molecule has 2 aromatic rings. The van der Waals surface area contributed by atoms with Gasteiger partial charge in [0.1, 0.15) is 0 Å². The number of alkyl halides is 2. The molecule has 2 aromatic heterocycles. The van der Waals surface area contributed by atoms with Crippen molar-refractivity contribution in [3.8, 4) is 11.3 Å². The van der Waals surface area contributed by atoms with Gasteiger partial charge in [0.05, 0.1) is 23.1 Å². The van der Waals surface area contributed by atoms with E-state index in [9.17, 15) is 13.6 Å². The number of esters is 1. The Morgan fingerprint density at radius 2 is 1.68 bits per heavy atom. The summed E-state index contributed by atoms with van der Waals surface area (Å²) in [5.74, 6) is -3.61. The monoisotopic (exact) mass is 559 g/mol. The first-order valence-corrected chi connectivity index (χ1v) is 14.4. The normalized spacial score (nSPS) is 16.9. The predicted octanol–water partition coefficient (Wildman–Crippen LogP) is 8.02. The van der Waals surface area contributed by atoms with Crippen LogP contribution in [0.5, 0.6) is 0 Å². The molecule has 0 spiro atoms. The number of rotatable bonds is 9. The number of nitrogens with zero attached hydrogens (tertiary/aromatic N) is 3. The quantitative estimate of drug-likeness (QED) is 0.290. The number of carbonyl (C=O) groups excluding carboxylic acids is 1. The number of carbonyl (C=O) groups is 1. The Morgan fingerprint density at radius 3 is 2.17 bits per heavy atom. The van der Waals surface area contributed by atoms with Gasteiger partial charge in [0.25, 0.3) is 5.92 Å². The highest BCUT2D eigenvalue weighted by Gasteiger charge is 2.38. The second-order valence-electron chi connectivity index (χ2n) is 13.5. The summed E-state index contributed by atoms with van der Waals surface area (Å²) in [6, 6.07) is 3.08. The van der Waals surface area contributed by atoms with Crippen molar-refractivity contribution in [2.75, 3.05) is 18.0 Å². The Kier molecular flexibility index (Phi) is 9.65. The van der Waals surface area contributed by atoms with E-state index in [2.05, 4.69) is 28.7 Å². The van der Waals surface area contributed by atoms with Gasteiger partial charge in [0.15, 0.2) is 6.10 Å². The average molecular weight is 560 g/mol. The Bertz CT molecular complexity index is 1160. The highest BCUT2D eigenvalue weighted by molar-refractivity contribution is 5.86. The molecule has 222 valence electrons. The molecule has 3 rings (SSSR count). The molecule has 0 saturated carbocycles. The Balaban J connectivity index is 2.21. The van der Waals surface area contributed by atoms with E-state index in [1.165, 1.54) is 12.3 Å². The summed E-state index contributed by atoms with van der Waals surface area (Å²) in [6.07, 6.45) is 3.32. The highest BCUT2D eigenvalue weighted by atomic mass is 19.3. The number of hydrogen-bond donors (Lipinski definition) is 0. The van der Waals surface area contributed by atoms with Gasteiger partial charge in [-0.2, -0.15) is 0 Å². The van der Waals surface area contributed by atoms with E-state index in [0.29, 0.717) is 22.5 Å². The van der Waals surface area contributed by atoms with Crippen molar-refractivity contribution in [2.24, 2.45) is 11.3 Å². The maximum atomic E-state index is 14.8. The fourth-order valence-corrected chi connectivity index (χ4v) is 5.06. The summed E-state index contributed by atoms with van der Waals surface area (Å²) in [5.41, 5.74) is 2.72. The molecule has 3 heterocycles. The zero-order valence-corrected chi connectivity index (χ0v) is 25.9.